The summed E-state index contributed by atoms with van der Waals surface area (Å²) in [6.45, 7) is 5.66. The molecule has 0 spiro atoms. The summed E-state index contributed by atoms with van der Waals surface area (Å²) in [6.07, 6.45) is -2.22. The molecule has 2 saturated heterocycles. The second kappa shape index (κ2) is 5.27. The molecule has 6 atom stereocenters. The highest BCUT2D eigenvalue weighted by Gasteiger charge is 2.57. The van der Waals surface area contributed by atoms with E-state index in [9.17, 15) is 5.11 Å². The Morgan fingerprint density at radius 3 is 2.32 bits per heavy atom. The molecule has 0 saturated carbocycles. The van der Waals surface area contributed by atoms with Crippen molar-refractivity contribution in [2.24, 2.45) is 0 Å². The first-order valence-corrected chi connectivity index (χ1v) is 6.65. The highest BCUT2D eigenvalue weighted by atomic mass is 16.8. The van der Waals surface area contributed by atoms with E-state index in [1.165, 1.54) is 0 Å². The zero-order valence-corrected chi connectivity index (χ0v) is 12.5. The molecule has 19 heavy (non-hydrogen) atoms. The molecule has 0 aromatic heterocycles. The van der Waals surface area contributed by atoms with Crippen LogP contribution in [0.4, 0.5) is 0 Å². The molecule has 2 rings (SSSR count). The molecule has 1 N–H and O–H groups in total. The van der Waals surface area contributed by atoms with E-state index in [4.69, 9.17) is 18.9 Å². The highest BCUT2D eigenvalue weighted by Crippen LogP contribution is 2.40. The van der Waals surface area contributed by atoms with Crippen LogP contribution in [0.5, 0.6) is 0 Å². The Hall–Kier alpha value is -0.240. The molecule has 0 aromatic rings. The Bertz CT molecular complexity index is 322. The molecule has 2 aliphatic heterocycles. The second-order valence-corrected chi connectivity index (χ2v) is 5.96. The fourth-order valence-electron chi connectivity index (χ4n) is 2.64. The van der Waals surface area contributed by atoms with Gasteiger partial charge in [-0.15, -0.1) is 0 Å². The molecule has 6 heteroatoms. The number of rotatable bonds is 4. The van der Waals surface area contributed by atoms with Crippen LogP contribution >= 0.6 is 0 Å². The Kier molecular flexibility index (Phi) is 4.21. The number of aliphatic hydroxyl groups is 1. The monoisotopic (exact) mass is 275 g/mol. The average molecular weight is 275 g/mol. The van der Waals surface area contributed by atoms with Gasteiger partial charge in [-0.05, 0) is 34.9 Å². The van der Waals surface area contributed by atoms with E-state index in [1.54, 1.807) is 7.11 Å². The lowest BCUT2D eigenvalue weighted by Crippen LogP contribution is -2.48. The van der Waals surface area contributed by atoms with Gasteiger partial charge in [-0.25, -0.2) is 0 Å². The minimum atomic E-state index is -0.671. The van der Waals surface area contributed by atoms with E-state index in [0.29, 0.717) is 0 Å². The van der Waals surface area contributed by atoms with Crippen LogP contribution in [-0.4, -0.2) is 73.7 Å². The van der Waals surface area contributed by atoms with Crippen molar-refractivity contribution in [3.63, 3.8) is 0 Å². The molecule has 2 fully saturated rings. The summed E-state index contributed by atoms with van der Waals surface area (Å²) in [5, 5.41) is 10.5. The highest BCUT2D eigenvalue weighted by molar-refractivity contribution is 4.99. The predicted molar refractivity (Wildman–Crippen MR) is 68.7 cm³/mol. The summed E-state index contributed by atoms with van der Waals surface area (Å²) in [6, 6.07) is -0.0476. The first kappa shape index (κ1) is 15.2. The maximum Gasteiger partial charge on any atom is 0.186 e. The third-order valence-electron chi connectivity index (χ3n) is 3.92. The normalized spacial score (nSPS) is 40.4. The maximum absolute atomic E-state index is 10.5. The van der Waals surface area contributed by atoms with Crippen LogP contribution in [0.2, 0.25) is 0 Å². The van der Waals surface area contributed by atoms with Gasteiger partial charge >= 0.3 is 0 Å². The summed E-state index contributed by atoms with van der Waals surface area (Å²) in [5.41, 5.74) is 0. The molecule has 0 amide bonds. The maximum atomic E-state index is 10.5. The molecule has 112 valence electrons. The molecular weight excluding hydrogens is 250 g/mol. The minimum Gasteiger partial charge on any atom is -0.389 e. The summed E-state index contributed by atoms with van der Waals surface area (Å²) < 4.78 is 22.7. The largest absolute Gasteiger partial charge is 0.389 e. The molecule has 0 bridgehead atoms. The molecule has 0 aliphatic carbocycles. The molecule has 6 nitrogen and oxygen atoms in total. The van der Waals surface area contributed by atoms with E-state index in [2.05, 4.69) is 0 Å². The van der Waals surface area contributed by atoms with Crippen molar-refractivity contribution in [1.82, 2.24) is 4.90 Å². The lowest BCUT2D eigenvalue weighted by molar-refractivity contribution is -0.239. The molecule has 0 radical (unpaired) electrons. The van der Waals surface area contributed by atoms with E-state index < -0.39 is 24.3 Å². The Morgan fingerprint density at radius 1 is 1.21 bits per heavy atom. The molecule has 2 aliphatic rings. The van der Waals surface area contributed by atoms with Crippen LogP contribution in [0.15, 0.2) is 0 Å². The lowest BCUT2D eigenvalue weighted by Gasteiger charge is -2.32. The number of likely N-dealkylation sites (N-methyl/N-ethyl adjacent to an activating group) is 1. The van der Waals surface area contributed by atoms with Crippen molar-refractivity contribution in [3.05, 3.63) is 0 Å². The quantitative estimate of drug-likeness (QED) is 0.790. The summed E-state index contributed by atoms with van der Waals surface area (Å²) in [5.74, 6) is -0.671. The zero-order valence-electron chi connectivity index (χ0n) is 12.5. The van der Waals surface area contributed by atoms with Gasteiger partial charge in [0.2, 0.25) is 0 Å². The van der Waals surface area contributed by atoms with Crippen LogP contribution in [0.1, 0.15) is 20.8 Å². The van der Waals surface area contributed by atoms with Crippen LogP contribution in [-0.2, 0) is 18.9 Å². The fourth-order valence-corrected chi connectivity index (χ4v) is 2.64. The van der Waals surface area contributed by atoms with E-state index in [0.717, 1.165) is 0 Å². The molecule has 6 unspecified atom stereocenters. The van der Waals surface area contributed by atoms with Crippen molar-refractivity contribution in [2.75, 3.05) is 21.2 Å². The number of nitrogens with zero attached hydrogens (tertiary/aromatic N) is 1. The smallest absolute Gasteiger partial charge is 0.186 e. The van der Waals surface area contributed by atoms with E-state index >= 15 is 0 Å². The topological polar surface area (TPSA) is 60.4 Å². The number of fused-ring (bicyclic) bond motifs is 1. The number of hydrogen-bond acceptors (Lipinski definition) is 6. The fraction of sp³-hybridized carbons (Fsp3) is 1.00. The Morgan fingerprint density at radius 2 is 1.79 bits per heavy atom. The third kappa shape index (κ3) is 2.79. The van der Waals surface area contributed by atoms with Gasteiger partial charge in [-0.3, -0.25) is 0 Å². The van der Waals surface area contributed by atoms with Crippen molar-refractivity contribution < 1.29 is 24.1 Å². The van der Waals surface area contributed by atoms with Gasteiger partial charge in [0.05, 0.1) is 6.10 Å². The van der Waals surface area contributed by atoms with Gasteiger partial charge in [0, 0.05) is 13.2 Å². The number of hydrogen-bond donors (Lipinski definition) is 1. The van der Waals surface area contributed by atoms with Gasteiger partial charge in [0.15, 0.2) is 12.1 Å². The van der Waals surface area contributed by atoms with Gasteiger partial charge in [-0.1, -0.05) is 0 Å². The summed E-state index contributed by atoms with van der Waals surface area (Å²) in [7, 11) is 5.41. The van der Waals surface area contributed by atoms with Crippen LogP contribution in [0.25, 0.3) is 0 Å². The zero-order chi connectivity index (χ0) is 14.4. The van der Waals surface area contributed by atoms with Crippen molar-refractivity contribution in [2.45, 2.75) is 63.3 Å². The van der Waals surface area contributed by atoms with Gasteiger partial charge in [0.25, 0.3) is 0 Å². The summed E-state index contributed by atoms with van der Waals surface area (Å²) >= 11 is 0. The van der Waals surface area contributed by atoms with E-state index in [-0.39, 0.29) is 18.2 Å². The van der Waals surface area contributed by atoms with Crippen molar-refractivity contribution in [1.29, 1.82) is 0 Å². The predicted octanol–water partition coefficient (Wildman–Crippen LogP) is 0.189. The van der Waals surface area contributed by atoms with Gasteiger partial charge < -0.3 is 29.0 Å². The molecular formula is C13H25NO5. The first-order chi connectivity index (χ1) is 8.76. The third-order valence-corrected chi connectivity index (χ3v) is 3.92. The number of methoxy groups -OCH3 is 1. The Labute approximate surface area is 114 Å². The van der Waals surface area contributed by atoms with Gasteiger partial charge in [0.1, 0.15) is 18.3 Å². The first-order valence-electron chi connectivity index (χ1n) is 6.65. The molecule has 0 aromatic carbocycles. The van der Waals surface area contributed by atoms with Crippen LogP contribution in [0.3, 0.4) is 0 Å². The van der Waals surface area contributed by atoms with Gasteiger partial charge in [-0.2, -0.15) is 0 Å². The minimum absolute atomic E-state index is 0.0476. The number of ether oxygens (including phenoxy) is 4. The van der Waals surface area contributed by atoms with Crippen LogP contribution in [0, 0.1) is 0 Å². The Balaban J connectivity index is 2.14. The number of aliphatic hydroxyl groups excluding tert-OH is 1. The van der Waals surface area contributed by atoms with Crippen molar-refractivity contribution >= 4 is 0 Å². The van der Waals surface area contributed by atoms with Crippen LogP contribution < -0.4 is 0 Å². The average Bonchev–Trinajstić information content (AvgIpc) is 2.79. The molecule has 2 heterocycles. The van der Waals surface area contributed by atoms with E-state index in [1.807, 2.05) is 39.8 Å². The SMILES string of the molecule is COC1OC(C(O)C(C)N(C)C)C2OC(C)(C)OC12. The van der Waals surface area contributed by atoms with Crippen molar-refractivity contribution in [3.8, 4) is 0 Å². The summed E-state index contributed by atoms with van der Waals surface area (Å²) in [4.78, 5) is 1.95. The second-order valence-electron chi connectivity index (χ2n) is 5.96. The standard InChI is InChI=1S/C13H25NO5/c1-7(14(4)5)8(15)9-10-11(12(16-6)17-9)19-13(2,3)18-10/h7-12,15H,1-6H3. The lowest BCUT2D eigenvalue weighted by atomic mass is 10.0.